The summed E-state index contributed by atoms with van der Waals surface area (Å²) in [6.45, 7) is 0. The molecule has 0 amide bonds. The summed E-state index contributed by atoms with van der Waals surface area (Å²) < 4.78 is 11.2. The zero-order valence-corrected chi connectivity index (χ0v) is 15.9. The SMILES string of the molecule is O=C1C[C@@H]2[C@@H](/C=C/C(=O)C3CCCCC3)[C@H](OC(=O)c3ccccc3)C[C@@H]2O1. The lowest BCUT2D eigenvalue weighted by Crippen LogP contribution is -2.25. The van der Waals surface area contributed by atoms with Crippen LogP contribution >= 0.6 is 0 Å². The molecule has 3 aliphatic rings. The molecule has 0 N–H and O–H groups in total. The predicted octanol–water partition coefficient (Wildman–Crippen LogP) is 3.87. The number of ketones is 1. The Hall–Kier alpha value is -2.43. The smallest absolute Gasteiger partial charge is 0.338 e. The summed E-state index contributed by atoms with van der Waals surface area (Å²) in [5.74, 6) is -0.530. The van der Waals surface area contributed by atoms with Gasteiger partial charge in [0.15, 0.2) is 5.78 Å². The van der Waals surface area contributed by atoms with E-state index in [4.69, 9.17) is 9.47 Å². The van der Waals surface area contributed by atoms with Crippen LogP contribution in [-0.2, 0) is 19.1 Å². The molecule has 5 nitrogen and oxygen atoms in total. The average Bonchev–Trinajstić information content (AvgIpc) is 3.23. The molecule has 0 spiro atoms. The van der Waals surface area contributed by atoms with Crippen LogP contribution in [0.2, 0.25) is 0 Å². The molecule has 1 aromatic carbocycles. The van der Waals surface area contributed by atoms with Crippen LogP contribution in [0.5, 0.6) is 0 Å². The molecule has 3 fully saturated rings. The van der Waals surface area contributed by atoms with Gasteiger partial charge in [-0.2, -0.15) is 0 Å². The maximum Gasteiger partial charge on any atom is 0.338 e. The van der Waals surface area contributed by atoms with Crippen molar-refractivity contribution in [2.45, 2.75) is 57.2 Å². The van der Waals surface area contributed by atoms with Crippen LogP contribution in [0.3, 0.4) is 0 Å². The van der Waals surface area contributed by atoms with Crippen LogP contribution in [0, 0.1) is 17.8 Å². The molecule has 0 aromatic heterocycles. The zero-order chi connectivity index (χ0) is 19.5. The fourth-order valence-electron chi connectivity index (χ4n) is 4.80. The highest BCUT2D eigenvalue weighted by Crippen LogP contribution is 2.43. The number of carbonyl (C=O) groups is 3. The fraction of sp³-hybridized carbons (Fsp3) is 0.522. The largest absolute Gasteiger partial charge is 0.462 e. The first-order valence-electron chi connectivity index (χ1n) is 10.3. The van der Waals surface area contributed by atoms with Gasteiger partial charge in [-0.15, -0.1) is 0 Å². The number of hydrogen-bond donors (Lipinski definition) is 0. The predicted molar refractivity (Wildman–Crippen MR) is 102 cm³/mol. The van der Waals surface area contributed by atoms with Crippen molar-refractivity contribution in [1.82, 2.24) is 0 Å². The minimum atomic E-state index is -0.383. The van der Waals surface area contributed by atoms with Crippen molar-refractivity contribution in [3.8, 4) is 0 Å². The highest BCUT2D eigenvalue weighted by molar-refractivity contribution is 5.92. The molecule has 148 valence electrons. The number of allylic oxidation sites excluding steroid dienone is 1. The Labute approximate surface area is 165 Å². The molecule has 28 heavy (non-hydrogen) atoms. The number of rotatable bonds is 5. The highest BCUT2D eigenvalue weighted by atomic mass is 16.6. The van der Waals surface area contributed by atoms with Crippen molar-refractivity contribution in [3.63, 3.8) is 0 Å². The Morgan fingerprint density at radius 1 is 1.07 bits per heavy atom. The lowest BCUT2D eigenvalue weighted by Gasteiger charge is -2.21. The summed E-state index contributed by atoms with van der Waals surface area (Å²) in [6.07, 6.45) is 9.04. The van der Waals surface area contributed by atoms with Crippen LogP contribution in [0.15, 0.2) is 42.5 Å². The number of fused-ring (bicyclic) bond motifs is 1. The quantitative estimate of drug-likeness (QED) is 0.571. The highest BCUT2D eigenvalue weighted by Gasteiger charge is 2.50. The molecular formula is C23H26O5. The van der Waals surface area contributed by atoms with Gasteiger partial charge in [0.2, 0.25) is 0 Å². The number of benzene rings is 1. The van der Waals surface area contributed by atoms with E-state index in [-0.39, 0.29) is 47.7 Å². The third-order valence-corrected chi connectivity index (χ3v) is 6.31. The molecule has 1 heterocycles. The summed E-state index contributed by atoms with van der Waals surface area (Å²) in [5, 5.41) is 0. The van der Waals surface area contributed by atoms with Gasteiger partial charge in [0.25, 0.3) is 0 Å². The normalized spacial score (nSPS) is 30.2. The van der Waals surface area contributed by atoms with Gasteiger partial charge in [-0.3, -0.25) is 9.59 Å². The topological polar surface area (TPSA) is 69.7 Å². The van der Waals surface area contributed by atoms with Crippen molar-refractivity contribution in [2.24, 2.45) is 17.8 Å². The zero-order valence-electron chi connectivity index (χ0n) is 15.9. The lowest BCUT2D eigenvalue weighted by molar-refractivity contribution is -0.141. The average molecular weight is 382 g/mol. The Balaban J connectivity index is 1.47. The number of carbonyl (C=O) groups excluding carboxylic acids is 3. The lowest BCUT2D eigenvalue weighted by atomic mass is 9.85. The second kappa shape index (κ2) is 8.29. The van der Waals surface area contributed by atoms with Gasteiger partial charge < -0.3 is 9.47 Å². The first-order chi connectivity index (χ1) is 13.6. The minimum Gasteiger partial charge on any atom is -0.462 e. The molecule has 1 aromatic rings. The van der Waals surface area contributed by atoms with E-state index in [9.17, 15) is 14.4 Å². The first-order valence-corrected chi connectivity index (χ1v) is 10.3. The van der Waals surface area contributed by atoms with Gasteiger partial charge in [0.05, 0.1) is 12.0 Å². The molecule has 1 saturated heterocycles. The van der Waals surface area contributed by atoms with Gasteiger partial charge in [-0.05, 0) is 31.1 Å². The van der Waals surface area contributed by atoms with Crippen molar-refractivity contribution >= 4 is 17.7 Å². The first kappa shape index (κ1) is 18.9. The van der Waals surface area contributed by atoms with Gasteiger partial charge in [0, 0.05) is 24.2 Å². The van der Waals surface area contributed by atoms with Crippen LogP contribution < -0.4 is 0 Å². The van der Waals surface area contributed by atoms with E-state index in [1.54, 1.807) is 30.3 Å². The molecular weight excluding hydrogens is 356 g/mol. The van der Waals surface area contributed by atoms with E-state index >= 15 is 0 Å². The summed E-state index contributed by atoms with van der Waals surface area (Å²) in [7, 11) is 0. The number of esters is 2. The summed E-state index contributed by atoms with van der Waals surface area (Å²) in [4.78, 5) is 36.8. The van der Waals surface area contributed by atoms with E-state index in [0.717, 1.165) is 25.7 Å². The Bertz CT molecular complexity index is 762. The van der Waals surface area contributed by atoms with E-state index in [0.29, 0.717) is 18.4 Å². The van der Waals surface area contributed by atoms with E-state index < -0.39 is 0 Å². The van der Waals surface area contributed by atoms with Gasteiger partial charge in [-0.25, -0.2) is 4.79 Å². The number of hydrogen-bond acceptors (Lipinski definition) is 5. The Morgan fingerprint density at radius 3 is 2.57 bits per heavy atom. The van der Waals surface area contributed by atoms with Crippen LogP contribution in [0.25, 0.3) is 0 Å². The third kappa shape index (κ3) is 4.03. The van der Waals surface area contributed by atoms with E-state index in [1.807, 2.05) is 12.1 Å². The molecule has 2 aliphatic carbocycles. The van der Waals surface area contributed by atoms with Crippen molar-refractivity contribution in [1.29, 1.82) is 0 Å². The molecule has 1 aliphatic heterocycles. The van der Waals surface area contributed by atoms with Gasteiger partial charge in [-0.1, -0.05) is 43.5 Å². The van der Waals surface area contributed by atoms with Crippen molar-refractivity contribution in [3.05, 3.63) is 48.0 Å². The second-order valence-electron chi connectivity index (χ2n) is 8.12. The standard InChI is InChI=1S/C23H26O5/c24-19(15-7-3-1-4-8-15)12-11-17-18-13-22(25)27-21(18)14-20(17)28-23(26)16-9-5-2-6-10-16/h2,5-6,9-12,15,17-18,20-21H,1,3-4,7-8,13-14H2/b12-11+/t17-,18-,20-,21+/m1/s1. The third-order valence-electron chi connectivity index (χ3n) is 6.31. The van der Waals surface area contributed by atoms with Gasteiger partial charge >= 0.3 is 11.9 Å². The fourth-order valence-corrected chi connectivity index (χ4v) is 4.80. The van der Waals surface area contributed by atoms with Gasteiger partial charge in [0.1, 0.15) is 12.2 Å². The maximum atomic E-state index is 12.6. The Kier molecular flexibility index (Phi) is 5.60. The van der Waals surface area contributed by atoms with E-state index in [2.05, 4.69) is 0 Å². The van der Waals surface area contributed by atoms with Crippen LogP contribution in [0.1, 0.15) is 55.3 Å². The summed E-state index contributed by atoms with van der Waals surface area (Å²) in [6, 6.07) is 8.87. The maximum absolute atomic E-state index is 12.6. The molecule has 0 bridgehead atoms. The summed E-state index contributed by atoms with van der Waals surface area (Å²) in [5.41, 5.74) is 0.498. The second-order valence-corrected chi connectivity index (χ2v) is 8.12. The van der Waals surface area contributed by atoms with Crippen LogP contribution in [-0.4, -0.2) is 29.9 Å². The van der Waals surface area contributed by atoms with Crippen molar-refractivity contribution < 1.29 is 23.9 Å². The molecule has 4 rings (SSSR count). The molecule has 0 radical (unpaired) electrons. The monoisotopic (exact) mass is 382 g/mol. The molecule has 5 heteroatoms. The van der Waals surface area contributed by atoms with Crippen LogP contribution in [0.4, 0.5) is 0 Å². The molecule has 2 saturated carbocycles. The van der Waals surface area contributed by atoms with Crippen molar-refractivity contribution in [2.75, 3.05) is 0 Å². The number of ether oxygens (including phenoxy) is 2. The molecule has 0 unspecified atom stereocenters. The molecule has 4 atom stereocenters. The summed E-state index contributed by atoms with van der Waals surface area (Å²) >= 11 is 0. The minimum absolute atomic E-state index is 0.0310. The Morgan fingerprint density at radius 2 is 1.82 bits per heavy atom. The van der Waals surface area contributed by atoms with E-state index in [1.165, 1.54) is 6.42 Å².